The van der Waals surface area contributed by atoms with E-state index in [1.165, 1.54) is 18.4 Å². The Morgan fingerprint density at radius 3 is 2.77 bits per heavy atom. The highest BCUT2D eigenvalue weighted by atomic mass is 79.9. The summed E-state index contributed by atoms with van der Waals surface area (Å²) in [6.45, 7) is 1.97. The predicted octanol–water partition coefficient (Wildman–Crippen LogP) is 2.16. The number of anilines is 2. The maximum Gasteiger partial charge on any atom is 0.340 e. The van der Waals surface area contributed by atoms with Gasteiger partial charge in [-0.2, -0.15) is 0 Å². The second kappa shape index (κ2) is 6.47. The Kier molecular flexibility index (Phi) is 4.18. The van der Waals surface area contributed by atoms with Crippen molar-refractivity contribution in [2.24, 2.45) is 11.8 Å². The highest BCUT2D eigenvalue weighted by molar-refractivity contribution is 9.10. The number of benzene rings is 1. The number of imide groups is 1. The monoisotopic (exact) mass is 489 g/mol. The molecular weight excluding hydrogens is 474 g/mol. The molecule has 10 heteroatoms. The van der Waals surface area contributed by atoms with Crippen LogP contribution in [-0.2, 0) is 24.7 Å². The topological polar surface area (TPSA) is 105 Å². The van der Waals surface area contributed by atoms with E-state index in [0.29, 0.717) is 11.3 Å². The second-order valence-electron chi connectivity index (χ2n) is 7.50. The number of hydrogen-bond donors (Lipinski definition) is 2. The number of rotatable bonds is 2. The average Bonchev–Trinajstić information content (AvgIpc) is 3.42. The van der Waals surface area contributed by atoms with E-state index in [1.54, 1.807) is 31.2 Å². The highest BCUT2D eigenvalue weighted by Crippen LogP contribution is 2.52. The van der Waals surface area contributed by atoms with Gasteiger partial charge in [-0.3, -0.25) is 19.7 Å². The third kappa shape index (κ3) is 2.35. The lowest BCUT2D eigenvalue weighted by Crippen LogP contribution is -2.51. The molecule has 2 N–H and O–H groups in total. The molecule has 0 saturated carbocycles. The quantitative estimate of drug-likeness (QED) is 0.494. The van der Waals surface area contributed by atoms with Crippen molar-refractivity contribution in [1.82, 2.24) is 5.32 Å². The van der Waals surface area contributed by atoms with Crippen LogP contribution in [0.25, 0.3) is 0 Å². The Hall–Kier alpha value is -2.56. The number of carbonyl (C=O) groups excluding carboxylic acids is 4. The third-order valence-corrected chi connectivity index (χ3v) is 7.48. The number of esters is 1. The molecule has 1 aromatic carbocycles. The van der Waals surface area contributed by atoms with Gasteiger partial charge in [0.2, 0.25) is 17.7 Å². The Labute approximate surface area is 183 Å². The van der Waals surface area contributed by atoms with Gasteiger partial charge in [-0.05, 0) is 31.2 Å². The molecule has 2 saturated heterocycles. The second-order valence-corrected chi connectivity index (χ2v) is 9.65. The van der Waals surface area contributed by atoms with Crippen molar-refractivity contribution in [3.63, 3.8) is 0 Å². The summed E-state index contributed by atoms with van der Waals surface area (Å²) in [6, 6.07) is 6.95. The largest absolute Gasteiger partial charge is 0.465 e. The molecule has 2 aromatic rings. The summed E-state index contributed by atoms with van der Waals surface area (Å²) in [4.78, 5) is 54.0. The summed E-state index contributed by atoms with van der Waals surface area (Å²) < 4.78 is 5.58. The normalized spacial score (nSPS) is 26.9. The van der Waals surface area contributed by atoms with Gasteiger partial charge in [-0.1, -0.05) is 15.9 Å². The lowest BCUT2D eigenvalue weighted by Gasteiger charge is -2.28. The number of methoxy groups -OCH3 is 1. The van der Waals surface area contributed by atoms with Crippen LogP contribution in [0, 0.1) is 18.8 Å². The molecule has 8 nitrogen and oxygen atoms in total. The minimum absolute atomic E-state index is 0.169. The van der Waals surface area contributed by atoms with Crippen LogP contribution in [0.1, 0.15) is 20.8 Å². The molecule has 3 amide bonds. The van der Waals surface area contributed by atoms with Gasteiger partial charge in [0.05, 0.1) is 24.5 Å². The van der Waals surface area contributed by atoms with Crippen LogP contribution in [0.3, 0.4) is 0 Å². The maximum atomic E-state index is 13.6. The van der Waals surface area contributed by atoms with Crippen LogP contribution < -0.4 is 15.5 Å². The van der Waals surface area contributed by atoms with E-state index in [9.17, 15) is 19.2 Å². The SMILES string of the molecule is COC(=O)c1cc(C)sc1N1C(=O)[C@@H]2CN[C@]3(C(=O)Nc4ccc(Br)cc43)[C@H]2C1=O. The van der Waals surface area contributed by atoms with Crippen LogP contribution in [0.2, 0.25) is 0 Å². The molecule has 2 fully saturated rings. The van der Waals surface area contributed by atoms with Crippen molar-refractivity contribution in [1.29, 1.82) is 0 Å². The number of amides is 3. The first-order chi connectivity index (χ1) is 14.3. The predicted molar refractivity (Wildman–Crippen MR) is 112 cm³/mol. The van der Waals surface area contributed by atoms with Crippen LogP contribution >= 0.6 is 27.3 Å². The smallest absolute Gasteiger partial charge is 0.340 e. The van der Waals surface area contributed by atoms with Crippen LogP contribution in [0.4, 0.5) is 10.7 Å². The molecule has 4 heterocycles. The minimum Gasteiger partial charge on any atom is -0.465 e. The summed E-state index contributed by atoms with van der Waals surface area (Å²) >= 11 is 4.60. The van der Waals surface area contributed by atoms with E-state index in [0.717, 1.165) is 14.2 Å². The standard InChI is InChI=1S/C20H16BrN3O5S/c1-8-5-10(18(27)29-2)17(30-8)24-15(25)11-7-22-20(14(11)16(24)26)12-6-9(21)3-4-13(12)23-19(20)28/h3-6,11,14,22H,7H2,1-2H3,(H,23,28)/t11-,14-,20+/m1/s1. The van der Waals surface area contributed by atoms with Gasteiger partial charge in [0.15, 0.2) is 0 Å². The van der Waals surface area contributed by atoms with Gasteiger partial charge in [0.1, 0.15) is 10.5 Å². The van der Waals surface area contributed by atoms with Gasteiger partial charge >= 0.3 is 5.97 Å². The Morgan fingerprint density at radius 2 is 2.03 bits per heavy atom. The summed E-state index contributed by atoms with van der Waals surface area (Å²) in [5, 5.41) is 6.23. The zero-order valence-electron chi connectivity index (χ0n) is 15.9. The molecule has 0 bridgehead atoms. The van der Waals surface area contributed by atoms with Crippen molar-refractivity contribution >= 4 is 61.6 Å². The van der Waals surface area contributed by atoms with E-state index in [-0.39, 0.29) is 23.0 Å². The number of hydrogen-bond acceptors (Lipinski definition) is 7. The van der Waals surface area contributed by atoms with Gasteiger partial charge < -0.3 is 10.1 Å². The number of fused-ring (bicyclic) bond motifs is 4. The number of ether oxygens (including phenoxy) is 1. The molecule has 1 spiro atoms. The fraction of sp³-hybridized carbons (Fsp3) is 0.300. The van der Waals surface area contributed by atoms with E-state index >= 15 is 0 Å². The number of carbonyl (C=O) groups is 4. The van der Waals surface area contributed by atoms with Crippen molar-refractivity contribution in [2.75, 3.05) is 23.9 Å². The number of nitrogens with zero attached hydrogens (tertiary/aromatic N) is 1. The summed E-state index contributed by atoms with van der Waals surface area (Å²) in [6.07, 6.45) is 0. The zero-order chi connectivity index (χ0) is 21.4. The lowest BCUT2D eigenvalue weighted by atomic mass is 9.77. The van der Waals surface area contributed by atoms with Crippen molar-refractivity contribution in [3.05, 3.63) is 44.7 Å². The first-order valence-electron chi connectivity index (χ1n) is 9.22. The Bertz CT molecular complexity index is 1160. The maximum absolute atomic E-state index is 13.6. The van der Waals surface area contributed by atoms with E-state index < -0.39 is 35.2 Å². The highest BCUT2D eigenvalue weighted by Gasteiger charge is 2.68. The molecule has 0 unspecified atom stereocenters. The number of nitrogens with one attached hydrogen (secondary N) is 2. The number of thiophene rings is 1. The van der Waals surface area contributed by atoms with Crippen LogP contribution in [0.5, 0.6) is 0 Å². The molecule has 5 rings (SSSR count). The van der Waals surface area contributed by atoms with E-state index in [1.807, 2.05) is 0 Å². The van der Waals surface area contributed by atoms with Crippen molar-refractivity contribution in [2.45, 2.75) is 12.5 Å². The van der Waals surface area contributed by atoms with Crippen molar-refractivity contribution < 1.29 is 23.9 Å². The minimum atomic E-state index is -1.33. The van der Waals surface area contributed by atoms with E-state index in [4.69, 9.17) is 4.74 Å². The molecule has 3 aliphatic heterocycles. The first-order valence-corrected chi connectivity index (χ1v) is 10.8. The molecule has 154 valence electrons. The fourth-order valence-corrected chi connectivity index (χ4v) is 6.07. The third-order valence-electron chi connectivity index (χ3n) is 5.95. The molecular formula is C20H16BrN3O5S. The fourth-order valence-electron chi connectivity index (χ4n) is 4.70. The summed E-state index contributed by atoms with van der Waals surface area (Å²) in [5.74, 6) is -3.51. The van der Waals surface area contributed by atoms with Gasteiger partial charge in [0.25, 0.3) is 0 Å². The Balaban J connectivity index is 1.64. The van der Waals surface area contributed by atoms with Crippen LogP contribution in [-0.4, -0.2) is 37.3 Å². The molecule has 3 aliphatic rings. The van der Waals surface area contributed by atoms with Gasteiger partial charge in [-0.25, -0.2) is 9.69 Å². The zero-order valence-corrected chi connectivity index (χ0v) is 18.3. The molecule has 0 radical (unpaired) electrons. The summed E-state index contributed by atoms with van der Waals surface area (Å²) in [5.41, 5.74) is 0.0797. The van der Waals surface area contributed by atoms with Crippen molar-refractivity contribution in [3.8, 4) is 0 Å². The lowest BCUT2D eigenvalue weighted by molar-refractivity contribution is -0.130. The van der Waals surface area contributed by atoms with Gasteiger partial charge in [0, 0.05) is 27.1 Å². The number of halogens is 1. The molecule has 1 aromatic heterocycles. The Morgan fingerprint density at radius 1 is 1.27 bits per heavy atom. The summed E-state index contributed by atoms with van der Waals surface area (Å²) in [7, 11) is 1.25. The van der Waals surface area contributed by atoms with Crippen LogP contribution in [0.15, 0.2) is 28.7 Å². The molecule has 0 aliphatic carbocycles. The van der Waals surface area contributed by atoms with E-state index in [2.05, 4.69) is 26.6 Å². The molecule has 3 atom stereocenters. The molecule has 30 heavy (non-hydrogen) atoms. The number of aryl methyl sites for hydroxylation is 1. The first kappa shape index (κ1) is 19.4. The van der Waals surface area contributed by atoms with Gasteiger partial charge in [-0.15, -0.1) is 11.3 Å². The average molecular weight is 490 g/mol.